The smallest absolute Gasteiger partial charge is 0.335 e. The van der Waals surface area contributed by atoms with E-state index in [1.54, 1.807) is 12.1 Å². The van der Waals surface area contributed by atoms with Gasteiger partial charge in [0.25, 0.3) is 5.69 Å². The second-order valence-corrected chi connectivity index (χ2v) is 7.09. The molecule has 0 saturated heterocycles. The molecule has 1 unspecified atom stereocenters. The van der Waals surface area contributed by atoms with Crippen molar-refractivity contribution in [3.05, 3.63) is 118 Å². The van der Waals surface area contributed by atoms with Crippen molar-refractivity contribution >= 4 is 29.1 Å². The first-order valence-corrected chi connectivity index (χ1v) is 9.68. The van der Waals surface area contributed by atoms with E-state index in [-0.39, 0.29) is 11.3 Å². The number of nitro benzene ring substituents is 1. The number of methoxy groups -OCH3 is 1. The van der Waals surface area contributed by atoms with Gasteiger partial charge in [-0.1, -0.05) is 67.2 Å². The van der Waals surface area contributed by atoms with Crippen LogP contribution in [-0.4, -0.2) is 18.0 Å². The van der Waals surface area contributed by atoms with Crippen LogP contribution in [0.15, 0.2) is 91.0 Å². The van der Waals surface area contributed by atoms with Gasteiger partial charge in [-0.25, -0.2) is 4.79 Å². The fourth-order valence-electron chi connectivity index (χ4n) is 3.85. The Bertz CT molecular complexity index is 1200. The molecule has 0 fully saturated rings. The van der Waals surface area contributed by atoms with Crippen molar-refractivity contribution in [3.8, 4) is 0 Å². The summed E-state index contributed by atoms with van der Waals surface area (Å²) in [5.41, 5.74) is 4.30. The quantitative estimate of drug-likeness (QED) is 0.243. The minimum atomic E-state index is -0.592. The van der Waals surface area contributed by atoms with Gasteiger partial charge in [-0.05, 0) is 28.8 Å². The summed E-state index contributed by atoms with van der Waals surface area (Å²) in [6, 6.07) is 23.2. The van der Waals surface area contributed by atoms with Gasteiger partial charge in [0.2, 0.25) is 0 Å². The highest BCUT2D eigenvalue weighted by Gasteiger charge is 2.35. The molecule has 1 atom stereocenters. The van der Waals surface area contributed by atoms with Crippen molar-refractivity contribution in [3.63, 3.8) is 0 Å². The van der Waals surface area contributed by atoms with Crippen molar-refractivity contribution in [1.29, 1.82) is 0 Å². The third-order valence-corrected chi connectivity index (χ3v) is 5.27. The number of benzene rings is 3. The molecule has 154 valence electrons. The lowest BCUT2D eigenvalue weighted by atomic mass is 9.87. The lowest BCUT2D eigenvalue weighted by Crippen LogP contribution is -2.34. The summed E-state index contributed by atoms with van der Waals surface area (Å²) in [4.78, 5) is 25.5. The highest BCUT2D eigenvalue weighted by molar-refractivity contribution is 5.99. The molecule has 1 heterocycles. The van der Waals surface area contributed by atoms with E-state index in [1.165, 1.54) is 19.2 Å². The van der Waals surface area contributed by atoms with Crippen molar-refractivity contribution in [2.24, 2.45) is 0 Å². The van der Waals surface area contributed by atoms with Gasteiger partial charge in [0.05, 0.1) is 23.6 Å². The standard InChI is InChI=1S/C25H20N2O4/c1-17(25(28)31-2)24-22-14-7-6-11-19(22)15-23(18-9-4-3-5-10-18)26(24)20-12-8-13-21(16-20)27(29)30/h3-16,24H,1H2,2H3. The molecule has 0 amide bonds. The average Bonchev–Trinajstić information content (AvgIpc) is 2.82. The normalized spacial score (nSPS) is 14.9. The van der Waals surface area contributed by atoms with Crippen LogP contribution in [0.3, 0.4) is 0 Å². The number of hydrogen-bond donors (Lipinski definition) is 0. The molecule has 0 N–H and O–H groups in total. The second kappa shape index (κ2) is 8.28. The van der Waals surface area contributed by atoms with Crippen molar-refractivity contribution in [2.75, 3.05) is 12.0 Å². The predicted octanol–water partition coefficient (Wildman–Crippen LogP) is 5.38. The van der Waals surface area contributed by atoms with Gasteiger partial charge in [-0.3, -0.25) is 10.1 Å². The third kappa shape index (κ3) is 3.71. The van der Waals surface area contributed by atoms with E-state index in [4.69, 9.17) is 4.74 Å². The van der Waals surface area contributed by atoms with E-state index in [0.717, 1.165) is 22.4 Å². The maximum atomic E-state index is 12.5. The lowest BCUT2D eigenvalue weighted by molar-refractivity contribution is -0.384. The van der Waals surface area contributed by atoms with Crippen molar-refractivity contribution in [2.45, 2.75) is 6.04 Å². The Morgan fingerprint density at radius 1 is 1.03 bits per heavy atom. The summed E-state index contributed by atoms with van der Waals surface area (Å²) >= 11 is 0. The number of carbonyl (C=O) groups excluding carboxylic acids is 1. The first-order chi connectivity index (χ1) is 15.0. The molecule has 0 aromatic heterocycles. The maximum absolute atomic E-state index is 12.5. The zero-order valence-electron chi connectivity index (χ0n) is 16.9. The van der Waals surface area contributed by atoms with E-state index < -0.39 is 16.9 Å². The molecule has 0 aliphatic carbocycles. The Balaban J connectivity index is 2.00. The number of carbonyl (C=O) groups is 1. The number of fused-ring (bicyclic) bond motifs is 1. The van der Waals surface area contributed by atoms with Gasteiger partial charge < -0.3 is 9.64 Å². The van der Waals surface area contributed by atoms with E-state index >= 15 is 0 Å². The molecule has 1 aliphatic heterocycles. The zero-order valence-corrected chi connectivity index (χ0v) is 16.9. The molecule has 6 heteroatoms. The molecule has 0 radical (unpaired) electrons. The van der Waals surface area contributed by atoms with Crippen LogP contribution in [-0.2, 0) is 9.53 Å². The Labute approximate surface area is 179 Å². The summed E-state index contributed by atoms with van der Waals surface area (Å²) in [5, 5.41) is 11.4. The van der Waals surface area contributed by atoms with E-state index in [0.29, 0.717) is 5.69 Å². The first kappa shape index (κ1) is 20.1. The number of anilines is 1. The van der Waals surface area contributed by atoms with Gasteiger partial charge in [0.1, 0.15) is 0 Å². The first-order valence-electron chi connectivity index (χ1n) is 9.68. The molecular formula is C25H20N2O4. The number of nitro groups is 1. The molecule has 6 nitrogen and oxygen atoms in total. The number of nitrogens with zero attached hydrogens (tertiary/aromatic N) is 2. The number of hydrogen-bond acceptors (Lipinski definition) is 5. The van der Waals surface area contributed by atoms with Gasteiger partial charge in [0.15, 0.2) is 0 Å². The van der Waals surface area contributed by atoms with Crippen LogP contribution in [0.5, 0.6) is 0 Å². The molecule has 0 bridgehead atoms. The monoisotopic (exact) mass is 412 g/mol. The highest BCUT2D eigenvalue weighted by Crippen LogP contribution is 2.45. The maximum Gasteiger partial charge on any atom is 0.335 e. The fraction of sp³-hybridized carbons (Fsp3) is 0.0800. The second-order valence-electron chi connectivity index (χ2n) is 7.09. The van der Waals surface area contributed by atoms with Crippen LogP contribution in [0, 0.1) is 10.1 Å². The topological polar surface area (TPSA) is 72.7 Å². The van der Waals surface area contributed by atoms with Crippen LogP contribution < -0.4 is 4.90 Å². The van der Waals surface area contributed by atoms with Crippen LogP contribution >= 0.6 is 0 Å². The summed E-state index contributed by atoms with van der Waals surface area (Å²) < 4.78 is 4.97. The molecule has 3 aromatic rings. The summed E-state index contributed by atoms with van der Waals surface area (Å²) in [7, 11) is 1.31. The number of rotatable bonds is 5. The third-order valence-electron chi connectivity index (χ3n) is 5.27. The van der Waals surface area contributed by atoms with Gasteiger partial charge in [0, 0.05) is 23.5 Å². The van der Waals surface area contributed by atoms with Crippen molar-refractivity contribution in [1.82, 2.24) is 0 Å². The predicted molar refractivity (Wildman–Crippen MR) is 120 cm³/mol. The number of ether oxygens (including phenoxy) is 1. The van der Waals surface area contributed by atoms with E-state index in [2.05, 4.69) is 6.58 Å². The molecule has 3 aromatic carbocycles. The average molecular weight is 412 g/mol. The van der Waals surface area contributed by atoms with Gasteiger partial charge in [-0.2, -0.15) is 0 Å². The molecule has 31 heavy (non-hydrogen) atoms. The Morgan fingerprint density at radius 2 is 1.74 bits per heavy atom. The fourth-order valence-corrected chi connectivity index (χ4v) is 3.85. The van der Waals surface area contributed by atoms with E-state index in [1.807, 2.05) is 65.6 Å². The zero-order chi connectivity index (χ0) is 22.0. The summed E-state index contributed by atoms with van der Waals surface area (Å²) in [5.74, 6) is -0.537. The van der Waals surface area contributed by atoms with Gasteiger partial charge >= 0.3 is 5.97 Å². The number of non-ortho nitro benzene ring substituents is 1. The van der Waals surface area contributed by atoms with Crippen molar-refractivity contribution < 1.29 is 14.5 Å². The lowest BCUT2D eigenvalue weighted by Gasteiger charge is -2.40. The highest BCUT2D eigenvalue weighted by atomic mass is 16.6. The van der Waals surface area contributed by atoms with Crippen LogP contribution in [0.1, 0.15) is 22.7 Å². The summed E-state index contributed by atoms with van der Waals surface area (Å²) in [6.45, 7) is 4.03. The van der Waals surface area contributed by atoms with Crippen LogP contribution in [0.25, 0.3) is 11.8 Å². The summed E-state index contributed by atoms with van der Waals surface area (Å²) in [6.07, 6.45) is 2.02. The Hall–Kier alpha value is -4.19. The van der Waals surface area contributed by atoms with E-state index in [9.17, 15) is 14.9 Å². The van der Waals surface area contributed by atoms with Crippen LogP contribution in [0.4, 0.5) is 11.4 Å². The largest absolute Gasteiger partial charge is 0.466 e. The van der Waals surface area contributed by atoms with Crippen LogP contribution in [0.2, 0.25) is 0 Å². The molecular weight excluding hydrogens is 392 g/mol. The SMILES string of the molecule is C=C(C(=O)OC)C1c2ccccc2C=C(c2ccccc2)N1c1cccc([N+](=O)[O-])c1. The molecule has 0 saturated carbocycles. The molecule has 4 rings (SSSR count). The Kier molecular flexibility index (Phi) is 5.37. The number of esters is 1. The Morgan fingerprint density at radius 3 is 2.45 bits per heavy atom. The van der Waals surface area contributed by atoms with Gasteiger partial charge in [-0.15, -0.1) is 0 Å². The minimum absolute atomic E-state index is 0.0359. The molecule has 0 spiro atoms. The minimum Gasteiger partial charge on any atom is -0.466 e. The molecule has 1 aliphatic rings.